The van der Waals surface area contributed by atoms with Crippen LogP contribution in [-0.4, -0.2) is 60.0 Å². The number of nitrogens with zero attached hydrogens (tertiary/aromatic N) is 4. The van der Waals surface area contributed by atoms with Crippen LogP contribution in [0.4, 0.5) is 24.7 Å². The third-order valence-electron chi connectivity index (χ3n) is 6.61. The van der Waals surface area contributed by atoms with Gasteiger partial charge in [0.1, 0.15) is 5.82 Å². The third-order valence-corrected chi connectivity index (χ3v) is 6.61. The summed E-state index contributed by atoms with van der Waals surface area (Å²) in [5, 5.41) is 7.33. The Bertz CT molecular complexity index is 946. The van der Waals surface area contributed by atoms with Crippen molar-refractivity contribution in [1.29, 1.82) is 0 Å². The molecule has 2 aromatic rings. The number of amides is 1. The number of piperidine rings is 1. The Labute approximate surface area is 186 Å². The summed E-state index contributed by atoms with van der Waals surface area (Å²) >= 11 is 0. The van der Waals surface area contributed by atoms with Crippen LogP contribution in [0.25, 0.3) is 0 Å². The predicted molar refractivity (Wildman–Crippen MR) is 118 cm³/mol. The second-order valence-electron chi connectivity index (χ2n) is 9.12. The summed E-state index contributed by atoms with van der Waals surface area (Å²) in [6, 6.07) is 7.71. The lowest BCUT2D eigenvalue weighted by molar-refractivity contribution is -0.174. The summed E-state index contributed by atoms with van der Waals surface area (Å²) in [5.41, 5.74) is 2.62. The lowest BCUT2D eigenvalue weighted by Gasteiger charge is -2.41. The topological polar surface area (TPSA) is 53.4 Å². The lowest BCUT2D eigenvalue weighted by atomic mass is 9.84. The number of carbonyl (C=O) groups excluding carboxylic acids is 1. The minimum atomic E-state index is -4.34. The molecule has 0 unspecified atom stereocenters. The highest BCUT2D eigenvalue weighted by Crippen LogP contribution is 2.42. The van der Waals surface area contributed by atoms with Crippen LogP contribution in [0.2, 0.25) is 0 Å². The SMILES string of the molecule is Cc1cc2n(n1)[C@@H](C(F)(F)F)C[C@@H](C1CCN(C(=O)Cc3ccc(N(C)C)cc3)CC1)N2. The highest BCUT2D eigenvalue weighted by atomic mass is 19.4. The maximum Gasteiger partial charge on any atom is 0.410 e. The summed E-state index contributed by atoms with van der Waals surface area (Å²) in [4.78, 5) is 16.6. The van der Waals surface area contributed by atoms with Gasteiger partial charge in [-0.25, -0.2) is 4.68 Å². The first-order valence-corrected chi connectivity index (χ1v) is 11.1. The van der Waals surface area contributed by atoms with Crippen molar-refractivity contribution in [3.05, 3.63) is 41.6 Å². The van der Waals surface area contributed by atoms with E-state index < -0.39 is 12.2 Å². The standard InChI is InChI=1S/C23H30F3N5O/c1-15-12-21-27-19(14-20(23(24,25)26)31(21)28-15)17-8-10-30(11-9-17)22(32)13-16-4-6-18(7-5-16)29(2)3/h4-7,12,17,19-20,27H,8-11,13-14H2,1-3H3/t19-,20+/m0/s1. The van der Waals surface area contributed by atoms with Crippen LogP contribution in [0.15, 0.2) is 30.3 Å². The molecule has 0 saturated carbocycles. The van der Waals surface area contributed by atoms with Crippen LogP contribution >= 0.6 is 0 Å². The zero-order valence-corrected chi connectivity index (χ0v) is 18.7. The smallest absolute Gasteiger partial charge is 0.378 e. The van der Waals surface area contributed by atoms with E-state index in [-0.39, 0.29) is 24.3 Å². The summed E-state index contributed by atoms with van der Waals surface area (Å²) in [7, 11) is 3.94. The van der Waals surface area contributed by atoms with Gasteiger partial charge in [-0.3, -0.25) is 4.79 Å². The number of nitrogens with one attached hydrogen (secondary N) is 1. The fraction of sp³-hybridized carbons (Fsp3) is 0.565. The molecule has 0 radical (unpaired) electrons. The molecule has 4 rings (SSSR count). The highest BCUT2D eigenvalue weighted by molar-refractivity contribution is 5.79. The number of halogens is 3. The molecular weight excluding hydrogens is 419 g/mol. The molecule has 1 aromatic heterocycles. The fourth-order valence-corrected chi connectivity index (χ4v) is 4.78. The van der Waals surface area contributed by atoms with Crippen molar-refractivity contribution >= 4 is 17.4 Å². The van der Waals surface area contributed by atoms with Gasteiger partial charge in [-0.1, -0.05) is 12.1 Å². The van der Waals surface area contributed by atoms with Crippen molar-refractivity contribution in [2.75, 3.05) is 37.4 Å². The van der Waals surface area contributed by atoms with E-state index in [1.54, 1.807) is 13.0 Å². The molecule has 1 fully saturated rings. The summed E-state index contributed by atoms with van der Waals surface area (Å²) in [6.07, 6.45) is -2.64. The molecule has 1 aromatic carbocycles. The number of hydrogen-bond acceptors (Lipinski definition) is 4. The van der Waals surface area contributed by atoms with Gasteiger partial charge >= 0.3 is 6.18 Å². The molecular formula is C23H30F3N5O. The first kappa shape index (κ1) is 22.5. The molecule has 2 aliphatic heterocycles. The number of benzene rings is 1. The van der Waals surface area contributed by atoms with Gasteiger partial charge in [0.2, 0.25) is 5.91 Å². The van der Waals surface area contributed by atoms with E-state index >= 15 is 0 Å². The predicted octanol–water partition coefficient (Wildman–Crippen LogP) is 4.03. The molecule has 1 amide bonds. The molecule has 1 N–H and O–H groups in total. The maximum absolute atomic E-state index is 13.7. The monoisotopic (exact) mass is 449 g/mol. The Balaban J connectivity index is 1.35. The molecule has 174 valence electrons. The number of carbonyl (C=O) groups is 1. The Hall–Kier alpha value is -2.71. The Morgan fingerprint density at radius 2 is 1.84 bits per heavy atom. The number of aromatic nitrogens is 2. The summed E-state index contributed by atoms with van der Waals surface area (Å²) in [5.74, 6) is 0.590. The number of likely N-dealkylation sites (tertiary alicyclic amines) is 1. The molecule has 32 heavy (non-hydrogen) atoms. The number of aryl methyl sites for hydroxylation is 1. The van der Waals surface area contributed by atoms with E-state index in [9.17, 15) is 18.0 Å². The Morgan fingerprint density at radius 3 is 2.44 bits per heavy atom. The van der Waals surface area contributed by atoms with E-state index in [0.717, 1.165) is 15.9 Å². The van der Waals surface area contributed by atoms with Crippen LogP contribution in [0.3, 0.4) is 0 Å². The highest BCUT2D eigenvalue weighted by Gasteiger charge is 2.47. The summed E-state index contributed by atoms with van der Waals surface area (Å²) in [6.45, 7) is 2.85. The minimum absolute atomic E-state index is 0.0333. The Morgan fingerprint density at radius 1 is 1.19 bits per heavy atom. The fourth-order valence-electron chi connectivity index (χ4n) is 4.78. The van der Waals surface area contributed by atoms with Crippen LogP contribution in [0.5, 0.6) is 0 Å². The number of rotatable bonds is 4. The van der Waals surface area contributed by atoms with E-state index in [4.69, 9.17) is 0 Å². The average molecular weight is 450 g/mol. The van der Waals surface area contributed by atoms with Gasteiger partial charge in [-0.15, -0.1) is 0 Å². The van der Waals surface area contributed by atoms with E-state index in [1.807, 2.05) is 48.2 Å². The van der Waals surface area contributed by atoms with E-state index in [2.05, 4.69) is 10.4 Å². The number of fused-ring (bicyclic) bond motifs is 1. The second kappa shape index (κ2) is 8.67. The van der Waals surface area contributed by atoms with Crippen LogP contribution < -0.4 is 10.2 Å². The molecule has 2 atom stereocenters. The van der Waals surface area contributed by atoms with Crippen LogP contribution in [0.1, 0.15) is 36.6 Å². The van der Waals surface area contributed by atoms with Gasteiger partial charge in [0.15, 0.2) is 6.04 Å². The molecule has 0 bridgehead atoms. The van der Waals surface area contributed by atoms with Crippen molar-refractivity contribution < 1.29 is 18.0 Å². The molecule has 0 aliphatic carbocycles. The third kappa shape index (κ3) is 4.71. The zero-order valence-electron chi connectivity index (χ0n) is 18.7. The maximum atomic E-state index is 13.7. The van der Waals surface area contributed by atoms with Gasteiger partial charge in [0.25, 0.3) is 0 Å². The number of alkyl halides is 3. The molecule has 1 saturated heterocycles. The quantitative estimate of drug-likeness (QED) is 0.766. The Kier molecular flexibility index (Phi) is 6.09. The molecule has 6 nitrogen and oxygen atoms in total. The number of hydrogen-bond donors (Lipinski definition) is 1. The van der Waals surface area contributed by atoms with Crippen molar-refractivity contribution in [3.8, 4) is 0 Å². The van der Waals surface area contributed by atoms with Gasteiger partial charge in [0.05, 0.1) is 12.1 Å². The first-order valence-electron chi connectivity index (χ1n) is 11.1. The van der Waals surface area contributed by atoms with Gasteiger partial charge in [-0.05, 0) is 49.8 Å². The normalized spacial score (nSPS) is 21.8. The van der Waals surface area contributed by atoms with Crippen molar-refractivity contribution in [1.82, 2.24) is 14.7 Å². The first-order chi connectivity index (χ1) is 15.1. The summed E-state index contributed by atoms with van der Waals surface area (Å²) < 4.78 is 42.1. The molecule has 0 spiro atoms. The van der Waals surface area contributed by atoms with Crippen LogP contribution in [0, 0.1) is 12.8 Å². The van der Waals surface area contributed by atoms with Gasteiger partial charge < -0.3 is 15.1 Å². The van der Waals surface area contributed by atoms with Crippen molar-refractivity contribution in [2.24, 2.45) is 5.92 Å². The van der Waals surface area contributed by atoms with E-state index in [1.165, 1.54) is 0 Å². The molecule has 9 heteroatoms. The van der Waals surface area contributed by atoms with Gasteiger partial charge in [0, 0.05) is 45.0 Å². The van der Waals surface area contributed by atoms with Crippen molar-refractivity contribution in [3.63, 3.8) is 0 Å². The lowest BCUT2D eigenvalue weighted by Crippen LogP contribution is -2.47. The largest absolute Gasteiger partial charge is 0.410 e. The molecule has 2 aliphatic rings. The molecule has 3 heterocycles. The zero-order chi connectivity index (χ0) is 23.0. The van der Waals surface area contributed by atoms with Crippen molar-refractivity contribution in [2.45, 2.75) is 50.9 Å². The minimum Gasteiger partial charge on any atom is -0.378 e. The van der Waals surface area contributed by atoms with E-state index in [0.29, 0.717) is 43.9 Å². The van der Waals surface area contributed by atoms with Gasteiger partial charge in [-0.2, -0.15) is 18.3 Å². The second-order valence-corrected chi connectivity index (χ2v) is 9.12. The number of anilines is 2. The average Bonchev–Trinajstić information content (AvgIpc) is 3.12. The van der Waals surface area contributed by atoms with Crippen LogP contribution in [-0.2, 0) is 11.2 Å².